The third-order valence-electron chi connectivity index (χ3n) is 8.10. The topological polar surface area (TPSA) is 49.8 Å². The minimum absolute atomic E-state index is 0.0272. The summed E-state index contributed by atoms with van der Waals surface area (Å²) in [5, 5.41) is 9.32. The fourth-order valence-electron chi connectivity index (χ4n) is 5.69. The summed E-state index contributed by atoms with van der Waals surface area (Å²) >= 11 is 0. The highest BCUT2D eigenvalue weighted by molar-refractivity contribution is 5.68. The number of rotatable bonds is 11. The average molecular weight is 546 g/mol. The number of hydrogen-bond donors (Lipinski definition) is 1. The van der Waals surface area contributed by atoms with E-state index in [-0.39, 0.29) is 17.8 Å². The number of benzene rings is 2. The molecule has 39 heavy (non-hydrogen) atoms. The summed E-state index contributed by atoms with van der Waals surface area (Å²) in [7, 11) is 0. The molecule has 1 unspecified atom stereocenters. The number of ether oxygens (including phenoxy) is 1. The molecule has 1 aliphatic carbocycles. The number of carboxylic acids is 1. The number of aliphatic carboxylic acids is 1. The van der Waals surface area contributed by atoms with Crippen molar-refractivity contribution in [3.05, 3.63) is 59.2 Å². The van der Waals surface area contributed by atoms with Crippen molar-refractivity contribution >= 4 is 11.7 Å². The molecule has 2 aromatic carbocycles. The maximum atomic E-state index is 13.5. The molecule has 0 spiro atoms. The first-order valence-electron chi connectivity index (χ1n) is 14.3. The molecular formula is C32H42F3NO3. The van der Waals surface area contributed by atoms with Gasteiger partial charge in [-0.15, -0.1) is 0 Å². The highest BCUT2D eigenvalue weighted by Crippen LogP contribution is 2.45. The van der Waals surface area contributed by atoms with Gasteiger partial charge in [-0.2, -0.15) is 13.2 Å². The smallest absolute Gasteiger partial charge is 0.416 e. The van der Waals surface area contributed by atoms with E-state index in [0.717, 1.165) is 67.5 Å². The quantitative estimate of drug-likeness (QED) is 0.308. The highest BCUT2D eigenvalue weighted by Gasteiger charge is 2.34. The molecule has 1 heterocycles. The Morgan fingerprint density at radius 2 is 1.77 bits per heavy atom. The predicted molar refractivity (Wildman–Crippen MR) is 148 cm³/mol. The Bertz CT molecular complexity index is 1110. The van der Waals surface area contributed by atoms with Crippen molar-refractivity contribution in [3.63, 3.8) is 0 Å². The van der Waals surface area contributed by atoms with Crippen molar-refractivity contribution in [2.24, 2.45) is 17.3 Å². The predicted octanol–water partition coefficient (Wildman–Crippen LogP) is 8.34. The largest absolute Gasteiger partial charge is 0.493 e. The third-order valence-corrected chi connectivity index (χ3v) is 8.10. The van der Waals surface area contributed by atoms with Crippen LogP contribution in [-0.2, 0) is 17.4 Å². The first-order chi connectivity index (χ1) is 18.4. The molecule has 1 aliphatic heterocycles. The summed E-state index contributed by atoms with van der Waals surface area (Å²) < 4.78 is 46.7. The van der Waals surface area contributed by atoms with Crippen molar-refractivity contribution in [2.75, 3.05) is 24.6 Å². The van der Waals surface area contributed by atoms with Gasteiger partial charge in [0.15, 0.2) is 0 Å². The molecule has 2 aromatic rings. The van der Waals surface area contributed by atoms with Crippen LogP contribution in [0.3, 0.4) is 0 Å². The standard InChI is InChI=1S/C32H42F3NO3/c1-31(2,3)15-5-7-24-11-12-26(32(33,34)35)19-29(24)36-16-13-22(14-17-36)21-39-27-8-4-6-25(18-27)28(20-30(37)38)23-9-10-23/h4,6,8,11-12,18-19,22-23,28H,5,7,9-10,13-17,20-21H2,1-3H3,(H,37,38). The average Bonchev–Trinajstić information content (AvgIpc) is 3.71. The molecule has 214 valence electrons. The minimum Gasteiger partial charge on any atom is -0.493 e. The van der Waals surface area contributed by atoms with E-state index in [9.17, 15) is 23.1 Å². The Kier molecular flexibility index (Phi) is 9.18. The third kappa shape index (κ3) is 8.64. The molecule has 4 rings (SSSR count). The Labute approximate surface area is 230 Å². The van der Waals surface area contributed by atoms with Gasteiger partial charge in [-0.1, -0.05) is 39.0 Å². The molecule has 1 atom stereocenters. The Morgan fingerprint density at radius 3 is 2.38 bits per heavy atom. The van der Waals surface area contributed by atoms with Crippen LogP contribution in [-0.4, -0.2) is 30.8 Å². The van der Waals surface area contributed by atoms with Crippen LogP contribution >= 0.6 is 0 Å². The van der Waals surface area contributed by atoms with Gasteiger partial charge >= 0.3 is 12.1 Å². The fraction of sp³-hybridized carbons (Fsp3) is 0.594. The van der Waals surface area contributed by atoms with Gasteiger partial charge in [0.2, 0.25) is 0 Å². The molecule has 7 heteroatoms. The van der Waals surface area contributed by atoms with Gasteiger partial charge in [0, 0.05) is 18.8 Å². The van der Waals surface area contributed by atoms with Crippen molar-refractivity contribution in [1.29, 1.82) is 0 Å². The van der Waals surface area contributed by atoms with Gasteiger partial charge in [0.25, 0.3) is 0 Å². The van der Waals surface area contributed by atoms with E-state index in [4.69, 9.17) is 4.74 Å². The monoisotopic (exact) mass is 545 g/mol. The number of anilines is 1. The molecule has 0 amide bonds. The van der Waals surface area contributed by atoms with E-state index >= 15 is 0 Å². The summed E-state index contributed by atoms with van der Waals surface area (Å²) in [4.78, 5) is 13.5. The molecule has 0 radical (unpaired) electrons. The first-order valence-corrected chi connectivity index (χ1v) is 14.3. The van der Waals surface area contributed by atoms with Crippen LogP contribution in [0.5, 0.6) is 5.75 Å². The zero-order valence-electron chi connectivity index (χ0n) is 23.4. The molecule has 0 bridgehead atoms. The maximum absolute atomic E-state index is 13.5. The molecular weight excluding hydrogens is 503 g/mol. The van der Waals surface area contributed by atoms with Gasteiger partial charge in [0.05, 0.1) is 18.6 Å². The lowest BCUT2D eigenvalue weighted by atomic mass is 9.88. The molecule has 2 aliphatic rings. The summed E-state index contributed by atoms with van der Waals surface area (Å²) in [6, 6.07) is 12.0. The van der Waals surface area contributed by atoms with E-state index in [1.54, 1.807) is 6.07 Å². The molecule has 0 aromatic heterocycles. The summed E-state index contributed by atoms with van der Waals surface area (Å²) in [5.41, 5.74) is 2.34. The Morgan fingerprint density at radius 1 is 1.05 bits per heavy atom. The number of piperidine rings is 1. The molecule has 1 saturated carbocycles. The lowest BCUT2D eigenvalue weighted by Gasteiger charge is -2.35. The van der Waals surface area contributed by atoms with Crippen LogP contribution in [0.15, 0.2) is 42.5 Å². The summed E-state index contributed by atoms with van der Waals surface area (Å²) in [6.07, 6.45) is 2.36. The second kappa shape index (κ2) is 12.2. The van der Waals surface area contributed by atoms with Crippen LogP contribution in [0, 0.1) is 17.3 Å². The van der Waals surface area contributed by atoms with E-state index in [0.29, 0.717) is 31.5 Å². The van der Waals surface area contributed by atoms with Crippen molar-refractivity contribution < 1.29 is 27.8 Å². The number of carbonyl (C=O) groups is 1. The highest BCUT2D eigenvalue weighted by atomic mass is 19.4. The summed E-state index contributed by atoms with van der Waals surface area (Å²) in [5.74, 6) is 0.764. The molecule has 1 N–H and O–H groups in total. The Balaban J connectivity index is 1.36. The second-order valence-electron chi connectivity index (χ2n) is 12.6. The van der Waals surface area contributed by atoms with Crippen LogP contribution in [0.1, 0.15) is 88.3 Å². The van der Waals surface area contributed by atoms with Crippen molar-refractivity contribution in [1.82, 2.24) is 0 Å². The number of halogens is 3. The number of hydrogen-bond acceptors (Lipinski definition) is 3. The fourth-order valence-corrected chi connectivity index (χ4v) is 5.69. The first kappa shape index (κ1) is 29.3. The van der Waals surface area contributed by atoms with E-state index in [2.05, 4.69) is 25.7 Å². The van der Waals surface area contributed by atoms with Gasteiger partial charge in [-0.05, 0) is 104 Å². The van der Waals surface area contributed by atoms with Crippen LogP contribution in [0.25, 0.3) is 0 Å². The number of carboxylic acid groups (broad SMARTS) is 1. The Hall–Kier alpha value is -2.70. The lowest BCUT2D eigenvalue weighted by molar-refractivity contribution is -0.138. The number of alkyl halides is 3. The summed E-state index contributed by atoms with van der Waals surface area (Å²) in [6.45, 7) is 8.50. The van der Waals surface area contributed by atoms with Crippen LogP contribution in [0.2, 0.25) is 0 Å². The SMILES string of the molecule is CC(C)(C)CCCc1ccc(C(F)(F)F)cc1N1CCC(COc2cccc(C(CC(=O)O)C3CC3)c2)CC1. The van der Waals surface area contributed by atoms with Crippen molar-refractivity contribution in [3.8, 4) is 5.75 Å². The molecule has 1 saturated heterocycles. The van der Waals surface area contributed by atoms with Crippen LogP contribution < -0.4 is 9.64 Å². The normalized spacial score (nSPS) is 17.7. The number of aryl methyl sites for hydroxylation is 1. The zero-order valence-corrected chi connectivity index (χ0v) is 23.4. The number of nitrogens with zero attached hydrogens (tertiary/aromatic N) is 1. The van der Waals surface area contributed by atoms with Crippen molar-refractivity contribution in [2.45, 2.75) is 84.2 Å². The van der Waals surface area contributed by atoms with Gasteiger partial charge < -0.3 is 14.7 Å². The van der Waals surface area contributed by atoms with E-state index < -0.39 is 17.7 Å². The lowest BCUT2D eigenvalue weighted by Crippen LogP contribution is -2.36. The van der Waals surface area contributed by atoms with E-state index in [1.807, 2.05) is 24.3 Å². The van der Waals surface area contributed by atoms with Gasteiger partial charge in [-0.3, -0.25) is 4.79 Å². The minimum atomic E-state index is -4.36. The molecule has 2 fully saturated rings. The van der Waals surface area contributed by atoms with E-state index in [1.165, 1.54) is 12.1 Å². The van der Waals surface area contributed by atoms with Crippen LogP contribution in [0.4, 0.5) is 18.9 Å². The second-order valence-corrected chi connectivity index (χ2v) is 12.6. The molecule has 4 nitrogen and oxygen atoms in total. The van der Waals surface area contributed by atoms with Gasteiger partial charge in [-0.25, -0.2) is 0 Å². The zero-order chi connectivity index (χ0) is 28.2. The van der Waals surface area contributed by atoms with Gasteiger partial charge in [0.1, 0.15) is 5.75 Å². The maximum Gasteiger partial charge on any atom is 0.416 e.